The second-order valence-corrected chi connectivity index (χ2v) is 5.59. The minimum Gasteiger partial charge on any atom is -0.480 e. The van der Waals surface area contributed by atoms with Crippen LogP contribution in [0.15, 0.2) is 28.7 Å². The molecule has 0 spiro atoms. The van der Waals surface area contributed by atoms with Crippen molar-refractivity contribution in [1.29, 1.82) is 0 Å². The van der Waals surface area contributed by atoms with Crippen LogP contribution in [0.5, 0.6) is 0 Å². The van der Waals surface area contributed by atoms with Gasteiger partial charge < -0.3 is 9.52 Å². The second kappa shape index (κ2) is 5.65. The Morgan fingerprint density at radius 1 is 1.38 bits per heavy atom. The Balaban J connectivity index is 2.16. The van der Waals surface area contributed by atoms with Crippen molar-refractivity contribution >= 4 is 5.97 Å². The molecular formula is C15H19N3O3. The van der Waals surface area contributed by atoms with Gasteiger partial charge in [0.25, 0.3) is 0 Å². The zero-order valence-corrected chi connectivity index (χ0v) is 12.6. The number of carbonyl (C=O) groups is 1. The van der Waals surface area contributed by atoms with Crippen LogP contribution >= 0.6 is 0 Å². The average molecular weight is 289 g/mol. The number of aromatic nitrogens is 2. The molecular weight excluding hydrogens is 270 g/mol. The van der Waals surface area contributed by atoms with Gasteiger partial charge in [0.05, 0.1) is 6.54 Å². The van der Waals surface area contributed by atoms with Crippen molar-refractivity contribution in [3.63, 3.8) is 0 Å². The predicted octanol–water partition coefficient (Wildman–Crippen LogP) is 2.34. The molecule has 2 rings (SSSR count). The highest BCUT2D eigenvalue weighted by molar-refractivity contribution is 5.77. The van der Waals surface area contributed by atoms with E-state index in [-0.39, 0.29) is 6.54 Å². The molecule has 1 heterocycles. The van der Waals surface area contributed by atoms with Crippen molar-refractivity contribution in [3.8, 4) is 11.5 Å². The van der Waals surface area contributed by atoms with Crippen LogP contribution in [0.3, 0.4) is 0 Å². The van der Waals surface area contributed by atoms with E-state index in [4.69, 9.17) is 4.42 Å². The van der Waals surface area contributed by atoms with Crippen molar-refractivity contribution in [2.45, 2.75) is 32.9 Å². The monoisotopic (exact) mass is 289 g/mol. The predicted molar refractivity (Wildman–Crippen MR) is 77.7 cm³/mol. The quantitative estimate of drug-likeness (QED) is 0.910. The summed E-state index contributed by atoms with van der Waals surface area (Å²) >= 11 is 0. The molecule has 1 N–H and O–H groups in total. The van der Waals surface area contributed by atoms with Gasteiger partial charge in [-0.25, -0.2) is 0 Å². The molecule has 0 amide bonds. The Kier molecular flexibility index (Phi) is 4.09. The van der Waals surface area contributed by atoms with Crippen molar-refractivity contribution in [1.82, 2.24) is 15.1 Å². The number of likely N-dealkylation sites (N-methyl/N-ethyl adjacent to an activating group) is 1. The maximum atomic E-state index is 11.2. The number of nitrogens with zero attached hydrogens (tertiary/aromatic N) is 3. The zero-order valence-electron chi connectivity index (χ0n) is 12.6. The minimum absolute atomic E-state index is 0.276. The Labute approximate surface area is 123 Å². The van der Waals surface area contributed by atoms with E-state index in [9.17, 15) is 9.90 Å². The number of benzene rings is 1. The van der Waals surface area contributed by atoms with Gasteiger partial charge in [0, 0.05) is 5.56 Å². The molecule has 0 fully saturated rings. The Morgan fingerprint density at radius 2 is 2.10 bits per heavy atom. The summed E-state index contributed by atoms with van der Waals surface area (Å²) in [7, 11) is 1.71. The summed E-state index contributed by atoms with van der Waals surface area (Å²) in [6, 6.07) is 7.77. The Morgan fingerprint density at radius 3 is 2.71 bits per heavy atom. The smallest absolute Gasteiger partial charge is 0.323 e. The summed E-state index contributed by atoms with van der Waals surface area (Å²) < 4.78 is 5.61. The first-order chi connectivity index (χ1) is 9.80. The molecule has 0 aliphatic carbocycles. The Bertz CT molecular complexity index is 649. The van der Waals surface area contributed by atoms with Gasteiger partial charge >= 0.3 is 5.97 Å². The van der Waals surface area contributed by atoms with Crippen LogP contribution in [0.1, 0.15) is 25.3 Å². The van der Waals surface area contributed by atoms with Crippen LogP contribution in [-0.4, -0.2) is 38.8 Å². The number of hydrogen-bond donors (Lipinski definition) is 1. The summed E-state index contributed by atoms with van der Waals surface area (Å²) in [6.45, 7) is 5.53. The molecule has 1 aromatic heterocycles. The molecule has 112 valence electrons. The van der Waals surface area contributed by atoms with Crippen LogP contribution in [-0.2, 0) is 11.3 Å². The van der Waals surface area contributed by atoms with Crippen molar-refractivity contribution in [3.05, 3.63) is 35.7 Å². The summed E-state index contributed by atoms with van der Waals surface area (Å²) in [4.78, 5) is 12.9. The van der Waals surface area contributed by atoms with Crippen LogP contribution in [0.25, 0.3) is 11.5 Å². The van der Waals surface area contributed by atoms with Gasteiger partial charge in [-0.05, 0) is 40.0 Å². The van der Waals surface area contributed by atoms with Crippen LogP contribution in [0, 0.1) is 6.92 Å². The molecule has 2 aromatic rings. The summed E-state index contributed by atoms with van der Waals surface area (Å²) in [6.07, 6.45) is 0. The molecule has 6 nitrogen and oxygen atoms in total. The first-order valence-corrected chi connectivity index (χ1v) is 6.65. The third-order valence-corrected chi connectivity index (χ3v) is 3.58. The van der Waals surface area contributed by atoms with E-state index in [0.29, 0.717) is 11.8 Å². The van der Waals surface area contributed by atoms with Crippen molar-refractivity contribution in [2.75, 3.05) is 7.05 Å². The van der Waals surface area contributed by atoms with Crippen LogP contribution < -0.4 is 0 Å². The maximum Gasteiger partial charge on any atom is 0.323 e. The van der Waals surface area contributed by atoms with Crippen molar-refractivity contribution < 1.29 is 14.3 Å². The fourth-order valence-corrected chi connectivity index (χ4v) is 1.78. The third-order valence-electron chi connectivity index (χ3n) is 3.58. The first kappa shape index (κ1) is 15.2. The third kappa shape index (κ3) is 3.28. The minimum atomic E-state index is -1.00. The fraction of sp³-hybridized carbons (Fsp3) is 0.400. The normalized spacial score (nSPS) is 11.9. The van der Waals surface area contributed by atoms with Gasteiger partial charge in [-0.1, -0.05) is 17.7 Å². The number of aryl methyl sites for hydroxylation is 1. The molecule has 0 aliphatic rings. The number of rotatable bonds is 5. The lowest BCUT2D eigenvalue weighted by Crippen LogP contribution is -2.47. The van der Waals surface area contributed by atoms with E-state index in [1.54, 1.807) is 25.8 Å². The first-order valence-electron chi connectivity index (χ1n) is 6.65. The zero-order chi connectivity index (χ0) is 15.6. The molecule has 0 atom stereocenters. The lowest BCUT2D eigenvalue weighted by atomic mass is 10.0. The number of carboxylic acid groups (broad SMARTS) is 1. The number of carboxylic acids is 1. The van der Waals surface area contributed by atoms with E-state index in [0.717, 1.165) is 11.1 Å². The maximum absolute atomic E-state index is 11.2. The highest BCUT2D eigenvalue weighted by Gasteiger charge is 2.32. The van der Waals surface area contributed by atoms with Gasteiger partial charge in [0.1, 0.15) is 5.54 Å². The van der Waals surface area contributed by atoms with Gasteiger partial charge in [0.15, 0.2) is 0 Å². The molecule has 0 saturated heterocycles. The largest absolute Gasteiger partial charge is 0.480 e. The summed E-state index contributed by atoms with van der Waals surface area (Å²) in [5.74, 6) is -0.0676. The van der Waals surface area contributed by atoms with Crippen molar-refractivity contribution in [2.24, 2.45) is 0 Å². The van der Waals surface area contributed by atoms with E-state index in [1.807, 2.05) is 31.2 Å². The van der Waals surface area contributed by atoms with Crippen LogP contribution in [0.4, 0.5) is 0 Å². The molecule has 0 radical (unpaired) electrons. The molecule has 0 saturated carbocycles. The summed E-state index contributed by atoms with van der Waals surface area (Å²) in [5.41, 5.74) is 0.961. The second-order valence-electron chi connectivity index (χ2n) is 5.59. The lowest BCUT2D eigenvalue weighted by molar-refractivity contribution is -0.149. The molecule has 0 bridgehead atoms. The van der Waals surface area contributed by atoms with Gasteiger partial charge in [0.2, 0.25) is 11.8 Å². The van der Waals surface area contributed by atoms with E-state index in [2.05, 4.69) is 10.2 Å². The number of hydrogen-bond acceptors (Lipinski definition) is 5. The topological polar surface area (TPSA) is 79.5 Å². The van der Waals surface area contributed by atoms with E-state index < -0.39 is 11.5 Å². The molecule has 0 unspecified atom stereocenters. The standard InChI is InChI=1S/C15H19N3O3/c1-10-6-5-7-11(8-10)13-17-16-12(21-13)9-18(4)15(2,3)14(19)20/h5-8H,9H2,1-4H3,(H,19,20). The fourth-order valence-electron chi connectivity index (χ4n) is 1.78. The summed E-state index contributed by atoms with van der Waals surface area (Å²) in [5, 5.41) is 17.2. The van der Waals surface area contributed by atoms with Crippen LogP contribution in [0.2, 0.25) is 0 Å². The SMILES string of the molecule is Cc1cccc(-c2nnc(CN(C)C(C)(C)C(=O)O)o2)c1. The highest BCUT2D eigenvalue weighted by Crippen LogP contribution is 2.21. The molecule has 0 aliphatic heterocycles. The van der Waals surface area contributed by atoms with Gasteiger partial charge in [-0.2, -0.15) is 0 Å². The van der Waals surface area contributed by atoms with Gasteiger partial charge in [-0.15, -0.1) is 10.2 Å². The molecule has 1 aromatic carbocycles. The number of aliphatic carboxylic acids is 1. The van der Waals surface area contributed by atoms with E-state index in [1.165, 1.54) is 0 Å². The highest BCUT2D eigenvalue weighted by atomic mass is 16.4. The molecule has 6 heteroatoms. The van der Waals surface area contributed by atoms with E-state index >= 15 is 0 Å². The van der Waals surface area contributed by atoms with Gasteiger partial charge in [-0.3, -0.25) is 9.69 Å². The average Bonchev–Trinajstić information content (AvgIpc) is 2.87. The molecule has 21 heavy (non-hydrogen) atoms. The Hall–Kier alpha value is -2.21. The lowest BCUT2D eigenvalue weighted by Gasteiger charge is -2.29.